The molecule has 32 heavy (non-hydrogen) atoms. The highest BCUT2D eigenvalue weighted by Gasteiger charge is 2.32. The average Bonchev–Trinajstić information content (AvgIpc) is 3.23. The zero-order chi connectivity index (χ0) is 23.0. The van der Waals surface area contributed by atoms with Gasteiger partial charge in [-0.25, -0.2) is 22.6 Å². The molecule has 164 valence electrons. The van der Waals surface area contributed by atoms with E-state index in [0.29, 0.717) is 19.4 Å². The van der Waals surface area contributed by atoms with Crippen molar-refractivity contribution in [1.29, 1.82) is 0 Å². The molecule has 4 rings (SSSR count). The predicted octanol–water partition coefficient (Wildman–Crippen LogP) is 2.39. The molecule has 0 aliphatic heterocycles. The summed E-state index contributed by atoms with van der Waals surface area (Å²) in [5.41, 5.74) is -4.02. The number of halogens is 1. The van der Waals surface area contributed by atoms with Crippen molar-refractivity contribution in [3.63, 3.8) is 0 Å². The van der Waals surface area contributed by atoms with Crippen LogP contribution in [0.2, 0.25) is 0 Å². The first-order chi connectivity index (χ1) is 15.2. The Kier molecular flexibility index (Phi) is 5.61. The van der Waals surface area contributed by atoms with Crippen LogP contribution < -0.4 is 11.2 Å². The number of carbonyl (C=O) groups is 1. The van der Waals surface area contributed by atoms with Gasteiger partial charge in [0.25, 0.3) is 11.5 Å². The van der Waals surface area contributed by atoms with Gasteiger partial charge in [-0.3, -0.25) is 14.2 Å². The van der Waals surface area contributed by atoms with Gasteiger partial charge in [0.2, 0.25) is 19.7 Å². The standard InChI is InChI=1S/C21H16FN3O5S2/c1-13-11-24(21(28)25(18(13)26)19(27)14-7-3-2-4-8-14)12-17(22)32(29,30)20-23-15-9-5-6-10-16(15)31-20/h2-11,17H,12H2,1H3. The van der Waals surface area contributed by atoms with Crippen LogP contribution >= 0.6 is 11.3 Å². The van der Waals surface area contributed by atoms with Crippen molar-refractivity contribution in [2.24, 2.45) is 0 Å². The third-order valence-corrected chi connectivity index (χ3v) is 7.92. The van der Waals surface area contributed by atoms with E-state index in [1.54, 1.807) is 42.5 Å². The minimum Gasteiger partial charge on any atom is -0.296 e. The molecule has 0 aliphatic rings. The maximum absolute atomic E-state index is 15.0. The second-order valence-corrected chi connectivity index (χ2v) is 10.2. The van der Waals surface area contributed by atoms with Gasteiger partial charge in [0.05, 0.1) is 16.8 Å². The zero-order valence-electron chi connectivity index (χ0n) is 16.6. The summed E-state index contributed by atoms with van der Waals surface area (Å²) < 4.78 is 41.7. The largest absolute Gasteiger partial charge is 0.338 e. The Morgan fingerprint density at radius 1 is 1.09 bits per heavy atom. The number of sulfone groups is 1. The molecule has 2 aromatic carbocycles. The first-order valence-corrected chi connectivity index (χ1v) is 11.7. The number of para-hydroxylation sites is 1. The molecular weight excluding hydrogens is 457 g/mol. The van der Waals surface area contributed by atoms with Crippen LogP contribution in [-0.2, 0) is 16.4 Å². The first-order valence-electron chi connectivity index (χ1n) is 9.36. The molecule has 0 saturated heterocycles. The van der Waals surface area contributed by atoms with Crippen LogP contribution in [0.3, 0.4) is 0 Å². The number of benzene rings is 2. The van der Waals surface area contributed by atoms with Gasteiger partial charge in [-0.05, 0) is 31.2 Å². The number of hydrogen-bond acceptors (Lipinski definition) is 7. The van der Waals surface area contributed by atoms with Gasteiger partial charge in [0.1, 0.15) is 0 Å². The normalized spacial score (nSPS) is 12.7. The Morgan fingerprint density at radius 3 is 2.44 bits per heavy atom. The van der Waals surface area contributed by atoms with E-state index in [9.17, 15) is 27.2 Å². The summed E-state index contributed by atoms with van der Waals surface area (Å²) in [5.74, 6) is -0.887. The highest BCUT2D eigenvalue weighted by molar-refractivity contribution is 7.93. The summed E-state index contributed by atoms with van der Waals surface area (Å²) >= 11 is 0.822. The third-order valence-electron chi connectivity index (χ3n) is 4.75. The zero-order valence-corrected chi connectivity index (χ0v) is 18.3. The number of alkyl halides is 1. The van der Waals surface area contributed by atoms with Crippen LogP contribution in [0.5, 0.6) is 0 Å². The van der Waals surface area contributed by atoms with Crippen molar-refractivity contribution >= 4 is 37.3 Å². The summed E-state index contributed by atoms with van der Waals surface area (Å²) in [6, 6.07) is 14.3. The lowest BCUT2D eigenvalue weighted by Crippen LogP contribution is -2.45. The molecule has 1 unspecified atom stereocenters. The predicted molar refractivity (Wildman–Crippen MR) is 118 cm³/mol. The summed E-state index contributed by atoms with van der Waals surface area (Å²) in [6.45, 7) is 0.447. The number of thiazole rings is 1. The van der Waals surface area contributed by atoms with Crippen LogP contribution in [0.25, 0.3) is 10.2 Å². The van der Waals surface area contributed by atoms with Gasteiger partial charge in [-0.15, -0.1) is 11.3 Å². The van der Waals surface area contributed by atoms with E-state index in [1.165, 1.54) is 19.1 Å². The topological polar surface area (TPSA) is 108 Å². The molecule has 2 aromatic heterocycles. The van der Waals surface area contributed by atoms with E-state index in [4.69, 9.17) is 0 Å². The van der Waals surface area contributed by atoms with Crippen LogP contribution in [0, 0.1) is 6.92 Å². The van der Waals surface area contributed by atoms with E-state index in [2.05, 4.69) is 4.98 Å². The smallest absolute Gasteiger partial charge is 0.296 e. The van der Waals surface area contributed by atoms with E-state index in [0.717, 1.165) is 17.5 Å². The maximum Gasteiger partial charge on any atom is 0.338 e. The Balaban J connectivity index is 1.73. The van der Waals surface area contributed by atoms with Crippen LogP contribution in [0.1, 0.15) is 15.9 Å². The van der Waals surface area contributed by atoms with Gasteiger partial charge in [0.15, 0.2) is 0 Å². The molecule has 0 radical (unpaired) electrons. The first kappa shape index (κ1) is 21.8. The SMILES string of the molecule is Cc1cn(CC(F)S(=O)(=O)c2nc3ccccc3s2)c(=O)n(C(=O)c2ccccc2)c1=O. The van der Waals surface area contributed by atoms with Crippen molar-refractivity contribution in [2.45, 2.75) is 23.3 Å². The number of aryl methyl sites for hydroxylation is 1. The van der Waals surface area contributed by atoms with Crippen LogP contribution in [0.15, 0.2) is 74.7 Å². The lowest BCUT2D eigenvalue weighted by Gasteiger charge is -2.13. The fraction of sp³-hybridized carbons (Fsp3) is 0.143. The Labute approximate surface area is 185 Å². The molecule has 4 aromatic rings. The number of carbonyl (C=O) groups excluding carboxylic acids is 1. The quantitative estimate of drug-likeness (QED) is 0.440. The fourth-order valence-electron chi connectivity index (χ4n) is 3.09. The molecule has 0 aliphatic carbocycles. The number of fused-ring (bicyclic) bond motifs is 1. The van der Waals surface area contributed by atoms with Crippen LogP contribution in [0.4, 0.5) is 4.39 Å². The maximum atomic E-state index is 15.0. The highest BCUT2D eigenvalue weighted by atomic mass is 32.2. The molecule has 1 atom stereocenters. The number of nitrogens with zero attached hydrogens (tertiary/aromatic N) is 3. The van der Waals surface area contributed by atoms with Gasteiger partial charge >= 0.3 is 5.69 Å². The molecule has 2 heterocycles. The average molecular weight is 474 g/mol. The molecule has 8 nitrogen and oxygen atoms in total. The van der Waals surface area contributed by atoms with E-state index in [-0.39, 0.29) is 11.1 Å². The van der Waals surface area contributed by atoms with Crippen molar-refractivity contribution < 1.29 is 17.6 Å². The fourth-order valence-corrected chi connectivity index (χ4v) is 5.64. The van der Waals surface area contributed by atoms with Gasteiger partial charge < -0.3 is 0 Å². The minimum atomic E-state index is -4.52. The van der Waals surface area contributed by atoms with Gasteiger partial charge in [-0.2, -0.15) is 4.57 Å². The Bertz CT molecular complexity index is 1520. The monoisotopic (exact) mass is 473 g/mol. The second-order valence-electron chi connectivity index (χ2n) is 6.96. The number of hydrogen-bond donors (Lipinski definition) is 0. The van der Waals surface area contributed by atoms with Crippen molar-refractivity contribution in [3.8, 4) is 0 Å². The Hall–Kier alpha value is -3.44. The Morgan fingerprint density at radius 2 is 1.75 bits per heavy atom. The molecule has 0 saturated carbocycles. The van der Waals surface area contributed by atoms with Gasteiger partial charge in [-0.1, -0.05) is 30.3 Å². The van der Waals surface area contributed by atoms with E-state index >= 15 is 0 Å². The lowest BCUT2D eigenvalue weighted by molar-refractivity contribution is 0.0947. The summed E-state index contributed by atoms with van der Waals surface area (Å²) in [7, 11) is -4.52. The minimum absolute atomic E-state index is 0.0153. The number of aromatic nitrogens is 3. The van der Waals surface area contributed by atoms with E-state index < -0.39 is 43.4 Å². The molecule has 0 amide bonds. The summed E-state index contributed by atoms with van der Waals surface area (Å²) in [6.07, 6.45) is 1.04. The molecule has 0 fully saturated rings. The summed E-state index contributed by atoms with van der Waals surface area (Å²) in [4.78, 5) is 42.0. The molecule has 11 heteroatoms. The molecule has 0 spiro atoms. The van der Waals surface area contributed by atoms with Crippen molar-refractivity contribution in [2.75, 3.05) is 0 Å². The molecular formula is C21H16FN3O5S2. The summed E-state index contributed by atoms with van der Waals surface area (Å²) in [5, 5.41) is 0. The second kappa shape index (κ2) is 8.24. The molecule has 0 N–H and O–H groups in total. The van der Waals surface area contributed by atoms with Gasteiger partial charge in [0, 0.05) is 17.3 Å². The van der Waals surface area contributed by atoms with E-state index in [1.807, 2.05) is 0 Å². The van der Waals surface area contributed by atoms with Crippen molar-refractivity contribution in [3.05, 3.63) is 92.8 Å². The molecule has 0 bridgehead atoms. The highest BCUT2D eigenvalue weighted by Crippen LogP contribution is 2.28. The number of rotatable bonds is 5. The van der Waals surface area contributed by atoms with Crippen LogP contribution in [-0.4, -0.2) is 33.9 Å². The third kappa shape index (κ3) is 3.80. The van der Waals surface area contributed by atoms with Crippen molar-refractivity contribution in [1.82, 2.24) is 14.1 Å². The lowest BCUT2D eigenvalue weighted by atomic mass is 10.2.